The average molecular weight is 159 g/mol. The minimum atomic E-state index is -0.836. The molecule has 0 spiro atoms. The maximum atomic E-state index is 11.0. The van der Waals surface area contributed by atoms with E-state index >= 15 is 0 Å². The van der Waals surface area contributed by atoms with E-state index in [0.29, 0.717) is 5.03 Å². The van der Waals surface area contributed by atoms with Crippen molar-refractivity contribution in [2.45, 2.75) is 12.5 Å². The lowest BCUT2D eigenvalue weighted by atomic mass is 10.0. The number of hydrogen-bond donors (Lipinski definition) is 3. The number of carbonyl (C=O) groups excluding carboxylic acids is 1. The van der Waals surface area contributed by atoms with E-state index in [9.17, 15) is 4.79 Å². The van der Waals surface area contributed by atoms with Crippen molar-refractivity contribution in [1.29, 1.82) is 0 Å². The van der Waals surface area contributed by atoms with Crippen LogP contribution >= 0.6 is 12.6 Å². The second kappa shape index (κ2) is 2.29. The van der Waals surface area contributed by atoms with Crippen LogP contribution in [0.3, 0.4) is 0 Å². The van der Waals surface area contributed by atoms with Crippen LogP contribution in [0.2, 0.25) is 0 Å². The highest BCUT2D eigenvalue weighted by atomic mass is 32.1. The van der Waals surface area contributed by atoms with Gasteiger partial charge >= 0.3 is 0 Å². The lowest BCUT2D eigenvalue weighted by Crippen LogP contribution is -2.46. The first-order chi connectivity index (χ1) is 4.58. The quantitative estimate of drug-likeness (QED) is 0.460. The van der Waals surface area contributed by atoms with Gasteiger partial charge in [-0.15, -0.1) is 12.6 Å². The van der Waals surface area contributed by atoms with Gasteiger partial charge in [0.05, 0.1) is 11.6 Å². The van der Waals surface area contributed by atoms with E-state index in [4.69, 9.17) is 5.11 Å². The van der Waals surface area contributed by atoms with Gasteiger partial charge < -0.3 is 10.4 Å². The molecule has 0 aliphatic carbocycles. The Bertz CT molecular complexity index is 202. The zero-order valence-electron chi connectivity index (χ0n) is 5.59. The molecule has 0 bridgehead atoms. The van der Waals surface area contributed by atoms with Crippen molar-refractivity contribution in [2.75, 3.05) is 6.61 Å². The van der Waals surface area contributed by atoms with Crippen molar-refractivity contribution in [2.24, 2.45) is 0 Å². The molecule has 0 aromatic heterocycles. The van der Waals surface area contributed by atoms with E-state index in [2.05, 4.69) is 17.9 Å². The Labute approximate surface area is 64.5 Å². The Morgan fingerprint density at radius 3 is 2.70 bits per heavy atom. The molecule has 1 heterocycles. The summed E-state index contributed by atoms with van der Waals surface area (Å²) in [6, 6.07) is 0. The molecule has 0 aromatic rings. The molecule has 0 aromatic carbocycles. The van der Waals surface area contributed by atoms with E-state index in [1.165, 1.54) is 6.08 Å². The molecule has 4 heteroatoms. The number of thiol groups is 1. The highest BCUT2D eigenvalue weighted by molar-refractivity contribution is 7.84. The van der Waals surface area contributed by atoms with Crippen molar-refractivity contribution in [3.8, 4) is 0 Å². The topological polar surface area (TPSA) is 49.3 Å². The largest absolute Gasteiger partial charge is 0.393 e. The summed E-state index contributed by atoms with van der Waals surface area (Å²) in [6.07, 6.45) is 1.37. The first kappa shape index (κ1) is 7.63. The predicted octanol–water partition coefficient (Wildman–Crippen LogP) is -0.319. The van der Waals surface area contributed by atoms with Gasteiger partial charge in [-0.2, -0.15) is 0 Å². The van der Waals surface area contributed by atoms with Crippen molar-refractivity contribution < 1.29 is 9.90 Å². The molecule has 1 aliphatic heterocycles. The summed E-state index contributed by atoms with van der Waals surface area (Å²) in [6.45, 7) is 1.43. The molecule has 0 saturated heterocycles. The fourth-order valence-corrected chi connectivity index (χ4v) is 1.15. The van der Waals surface area contributed by atoms with E-state index in [0.717, 1.165) is 0 Å². The standard InChI is InChI=1S/C6H9NO2S/c1-6(3-8)4(9)2-5(10)7-6/h2,7-8,10H,3H2,1H3/t6-/m1/s1. The van der Waals surface area contributed by atoms with E-state index < -0.39 is 5.54 Å². The molecule has 0 radical (unpaired) electrons. The Hall–Kier alpha value is -0.480. The summed E-state index contributed by atoms with van der Waals surface area (Å²) in [4.78, 5) is 11.0. The SMILES string of the molecule is C[C@]1(CO)NC(S)=CC1=O. The number of hydrogen-bond acceptors (Lipinski definition) is 4. The summed E-state index contributed by atoms with van der Waals surface area (Å²) in [5, 5.41) is 12.0. The fraction of sp³-hybridized carbons (Fsp3) is 0.500. The number of carbonyl (C=O) groups is 1. The highest BCUT2D eigenvalue weighted by Gasteiger charge is 2.35. The summed E-state index contributed by atoms with van der Waals surface area (Å²) < 4.78 is 0. The lowest BCUT2D eigenvalue weighted by molar-refractivity contribution is -0.120. The van der Waals surface area contributed by atoms with Crippen LogP contribution in [0.25, 0.3) is 0 Å². The van der Waals surface area contributed by atoms with Crippen molar-refractivity contribution in [3.05, 3.63) is 11.1 Å². The van der Waals surface area contributed by atoms with Gasteiger partial charge in [-0.25, -0.2) is 0 Å². The summed E-state index contributed by atoms with van der Waals surface area (Å²) in [5.41, 5.74) is -0.836. The summed E-state index contributed by atoms with van der Waals surface area (Å²) >= 11 is 3.94. The Balaban J connectivity index is 2.81. The van der Waals surface area contributed by atoms with Gasteiger partial charge in [0.2, 0.25) is 0 Å². The molecule has 10 heavy (non-hydrogen) atoms. The predicted molar refractivity (Wildman–Crippen MR) is 40.7 cm³/mol. The highest BCUT2D eigenvalue weighted by Crippen LogP contribution is 2.17. The maximum Gasteiger partial charge on any atom is 0.185 e. The van der Waals surface area contributed by atoms with Crippen LogP contribution in [0.15, 0.2) is 11.1 Å². The van der Waals surface area contributed by atoms with E-state index in [1.807, 2.05) is 0 Å². The molecule has 56 valence electrons. The molecule has 1 atom stereocenters. The van der Waals surface area contributed by atoms with Gasteiger partial charge in [-0.05, 0) is 6.92 Å². The lowest BCUT2D eigenvalue weighted by Gasteiger charge is -2.20. The van der Waals surface area contributed by atoms with Gasteiger partial charge in [-0.1, -0.05) is 0 Å². The number of rotatable bonds is 1. The van der Waals surface area contributed by atoms with Crippen molar-refractivity contribution >= 4 is 18.4 Å². The van der Waals surface area contributed by atoms with Crippen molar-refractivity contribution in [3.63, 3.8) is 0 Å². The fourth-order valence-electron chi connectivity index (χ4n) is 0.781. The van der Waals surface area contributed by atoms with Gasteiger partial charge in [0.25, 0.3) is 0 Å². The Kier molecular flexibility index (Phi) is 1.74. The number of aliphatic hydroxyl groups is 1. The van der Waals surface area contributed by atoms with Crippen LogP contribution in [0.5, 0.6) is 0 Å². The molecular formula is C6H9NO2S. The Morgan fingerprint density at radius 2 is 2.50 bits per heavy atom. The molecular weight excluding hydrogens is 150 g/mol. The van der Waals surface area contributed by atoms with Crippen LogP contribution < -0.4 is 5.32 Å². The summed E-state index contributed by atoms with van der Waals surface area (Å²) in [7, 11) is 0. The molecule has 1 aliphatic rings. The zero-order valence-corrected chi connectivity index (χ0v) is 6.48. The van der Waals surface area contributed by atoms with Gasteiger partial charge in [-0.3, -0.25) is 4.79 Å². The average Bonchev–Trinajstić information content (AvgIpc) is 2.09. The molecule has 0 saturated carbocycles. The first-order valence-corrected chi connectivity index (χ1v) is 3.37. The van der Waals surface area contributed by atoms with Crippen LogP contribution in [-0.2, 0) is 4.79 Å². The van der Waals surface area contributed by atoms with Crippen LogP contribution in [0.4, 0.5) is 0 Å². The van der Waals surface area contributed by atoms with E-state index in [-0.39, 0.29) is 12.4 Å². The second-order valence-electron chi connectivity index (χ2n) is 2.51. The van der Waals surface area contributed by atoms with Gasteiger partial charge in [0, 0.05) is 6.08 Å². The molecule has 0 fully saturated rings. The van der Waals surface area contributed by atoms with Crippen LogP contribution in [-0.4, -0.2) is 23.0 Å². The molecule has 2 N–H and O–H groups in total. The monoisotopic (exact) mass is 159 g/mol. The maximum absolute atomic E-state index is 11.0. The number of ketones is 1. The third-order valence-electron chi connectivity index (χ3n) is 1.53. The Morgan fingerprint density at radius 1 is 1.90 bits per heavy atom. The number of nitrogens with one attached hydrogen (secondary N) is 1. The van der Waals surface area contributed by atoms with E-state index in [1.54, 1.807) is 6.92 Å². The van der Waals surface area contributed by atoms with Crippen LogP contribution in [0, 0.1) is 0 Å². The number of aliphatic hydroxyl groups excluding tert-OH is 1. The minimum Gasteiger partial charge on any atom is -0.393 e. The normalized spacial score (nSPS) is 31.9. The van der Waals surface area contributed by atoms with Gasteiger partial charge in [0.1, 0.15) is 5.54 Å². The zero-order chi connectivity index (χ0) is 7.78. The minimum absolute atomic E-state index is 0.125. The third kappa shape index (κ3) is 1.04. The molecule has 0 unspecified atom stereocenters. The summed E-state index contributed by atoms with van der Waals surface area (Å²) in [5.74, 6) is -0.125. The molecule has 0 amide bonds. The molecule has 3 nitrogen and oxygen atoms in total. The van der Waals surface area contributed by atoms with Crippen LogP contribution in [0.1, 0.15) is 6.92 Å². The third-order valence-corrected chi connectivity index (χ3v) is 1.77. The molecule has 1 rings (SSSR count). The first-order valence-electron chi connectivity index (χ1n) is 2.92. The second-order valence-corrected chi connectivity index (χ2v) is 2.99. The van der Waals surface area contributed by atoms with Gasteiger partial charge in [0.15, 0.2) is 5.78 Å². The van der Waals surface area contributed by atoms with Crippen molar-refractivity contribution in [1.82, 2.24) is 5.32 Å². The smallest absolute Gasteiger partial charge is 0.185 e.